The van der Waals surface area contributed by atoms with Gasteiger partial charge in [-0.2, -0.15) is 5.10 Å². The largest absolute Gasteiger partial charge is 0.459 e. The molecule has 2 aromatic rings. The molecule has 2 aliphatic rings. The lowest BCUT2D eigenvalue weighted by atomic mass is 9.95. The average Bonchev–Trinajstić information content (AvgIpc) is 3.39. The van der Waals surface area contributed by atoms with Gasteiger partial charge in [-0.1, -0.05) is 6.92 Å². The summed E-state index contributed by atoms with van der Waals surface area (Å²) in [5, 5.41) is 7.46. The Morgan fingerprint density at radius 3 is 2.74 bits per heavy atom. The third-order valence-corrected chi connectivity index (χ3v) is 7.06. The van der Waals surface area contributed by atoms with E-state index in [4.69, 9.17) is 4.74 Å². The minimum atomic E-state index is -2.71. The van der Waals surface area contributed by atoms with Crippen molar-refractivity contribution in [2.45, 2.75) is 83.8 Å². The molecule has 1 fully saturated rings. The van der Waals surface area contributed by atoms with Gasteiger partial charge >= 0.3 is 5.97 Å². The monoisotopic (exact) mass is 451 g/mol. The first-order valence-corrected chi connectivity index (χ1v) is 11.7. The van der Waals surface area contributed by atoms with Crippen molar-refractivity contribution in [3.63, 3.8) is 0 Å². The highest BCUT2D eigenvalue weighted by Gasteiger charge is 2.31. The van der Waals surface area contributed by atoms with Crippen LogP contribution < -0.4 is 5.32 Å². The lowest BCUT2D eigenvalue weighted by Gasteiger charge is -2.15. The van der Waals surface area contributed by atoms with E-state index < -0.39 is 18.3 Å². The number of aryl methyl sites for hydroxylation is 1. The molecule has 2 aliphatic carbocycles. The fourth-order valence-electron chi connectivity index (χ4n) is 3.83. The van der Waals surface area contributed by atoms with E-state index in [9.17, 15) is 18.4 Å². The highest BCUT2D eigenvalue weighted by Crippen LogP contribution is 2.41. The number of halogens is 2. The number of esters is 1. The molecule has 0 spiro atoms. The molecule has 0 saturated heterocycles. The molecule has 1 N–H and O–H groups in total. The first-order chi connectivity index (χ1) is 14.9. The topological polar surface area (TPSA) is 73.2 Å². The van der Waals surface area contributed by atoms with Crippen molar-refractivity contribution in [1.29, 1.82) is 0 Å². The van der Waals surface area contributed by atoms with Crippen LogP contribution in [0.4, 0.5) is 13.8 Å². The smallest absolute Gasteiger partial charge is 0.341 e. The lowest BCUT2D eigenvalue weighted by Crippen LogP contribution is -2.23. The van der Waals surface area contributed by atoms with Gasteiger partial charge in [0.05, 0.1) is 17.4 Å². The van der Waals surface area contributed by atoms with E-state index in [-0.39, 0.29) is 24.3 Å². The van der Waals surface area contributed by atoms with Crippen LogP contribution in [-0.2, 0) is 28.9 Å². The first-order valence-electron chi connectivity index (χ1n) is 10.9. The van der Waals surface area contributed by atoms with Gasteiger partial charge in [0.2, 0.25) is 5.91 Å². The number of hydrogen-bond donors (Lipinski definition) is 1. The number of alkyl halides is 2. The Labute approximate surface area is 184 Å². The summed E-state index contributed by atoms with van der Waals surface area (Å²) in [6.07, 6.45) is 3.29. The summed E-state index contributed by atoms with van der Waals surface area (Å²) in [6.45, 7) is 3.44. The Kier molecular flexibility index (Phi) is 6.41. The van der Waals surface area contributed by atoms with Gasteiger partial charge < -0.3 is 10.1 Å². The number of ether oxygens (including phenoxy) is 1. The second-order valence-corrected chi connectivity index (χ2v) is 9.42. The molecule has 31 heavy (non-hydrogen) atoms. The number of thiophene rings is 1. The van der Waals surface area contributed by atoms with Gasteiger partial charge in [-0.25, -0.2) is 13.6 Å². The molecule has 0 radical (unpaired) electrons. The minimum Gasteiger partial charge on any atom is -0.459 e. The number of fused-ring (bicyclic) bond motifs is 1. The first kappa shape index (κ1) is 21.9. The number of amides is 1. The Balaban J connectivity index is 1.55. The highest BCUT2D eigenvalue weighted by atomic mass is 32.1. The third-order valence-electron chi connectivity index (χ3n) is 5.85. The summed E-state index contributed by atoms with van der Waals surface area (Å²) < 4.78 is 33.5. The van der Waals surface area contributed by atoms with E-state index in [1.807, 2.05) is 13.8 Å². The SMILES string of the molecule is CCC(C)OC(=O)c1c(NC(=O)Cn2nc(C3CC3)cc2C(F)F)sc2c1CCCC2. The van der Waals surface area contributed by atoms with Crippen LogP contribution in [0.1, 0.15) is 90.5 Å². The van der Waals surface area contributed by atoms with Crippen LogP contribution in [0.5, 0.6) is 0 Å². The van der Waals surface area contributed by atoms with Gasteiger partial charge in [-0.15, -0.1) is 11.3 Å². The highest BCUT2D eigenvalue weighted by molar-refractivity contribution is 7.17. The van der Waals surface area contributed by atoms with E-state index in [1.54, 1.807) is 0 Å². The van der Waals surface area contributed by atoms with Gasteiger partial charge in [0.1, 0.15) is 17.2 Å². The molecule has 2 heterocycles. The zero-order chi connectivity index (χ0) is 22.1. The average molecular weight is 452 g/mol. The normalized spacial score (nSPS) is 16.8. The van der Waals surface area contributed by atoms with Crippen LogP contribution in [0.25, 0.3) is 0 Å². The molecule has 9 heteroatoms. The van der Waals surface area contributed by atoms with E-state index in [1.165, 1.54) is 17.4 Å². The van der Waals surface area contributed by atoms with Gasteiger partial charge in [0, 0.05) is 10.8 Å². The Morgan fingerprint density at radius 1 is 1.32 bits per heavy atom. The number of carbonyl (C=O) groups is 2. The summed E-state index contributed by atoms with van der Waals surface area (Å²) in [6, 6.07) is 1.40. The molecular weight excluding hydrogens is 424 g/mol. The van der Waals surface area contributed by atoms with E-state index in [0.717, 1.165) is 53.6 Å². The summed E-state index contributed by atoms with van der Waals surface area (Å²) >= 11 is 1.38. The molecule has 2 aromatic heterocycles. The summed E-state index contributed by atoms with van der Waals surface area (Å²) in [5.41, 5.74) is 1.73. The van der Waals surface area contributed by atoms with E-state index in [0.29, 0.717) is 22.7 Å². The van der Waals surface area contributed by atoms with Gasteiger partial charge in [-0.3, -0.25) is 9.48 Å². The van der Waals surface area contributed by atoms with Crippen molar-refractivity contribution in [3.05, 3.63) is 33.5 Å². The fourth-order valence-corrected chi connectivity index (χ4v) is 5.12. The van der Waals surface area contributed by atoms with Crippen LogP contribution in [0.2, 0.25) is 0 Å². The van der Waals surface area contributed by atoms with Gasteiger partial charge in [0.15, 0.2) is 0 Å². The standard InChI is InChI=1S/C22H27F2N3O3S/c1-3-12(2)30-22(29)19-14-6-4-5-7-17(14)31-21(19)25-18(28)11-27-16(20(23)24)10-15(26-27)13-8-9-13/h10,12-13,20H,3-9,11H2,1-2H3,(H,25,28). The van der Waals surface area contributed by atoms with Crippen LogP contribution >= 0.6 is 11.3 Å². The molecule has 1 amide bonds. The predicted molar refractivity (Wildman–Crippen MR) is 114 cm³/mol. The lowest BCUT2D eigenvalue weighted by molar-refractivity contribution is -0.117. The van der Waals surface area contributed by atoms with Crippen molar-refractivity contribution in [2.24, 2.45) is 0 Å². The summed E-state index contributed by atoms with van der Waals surface area (Å²) in [5.74, 6) is -0.705. The van der Waals surface area contributed by atoms with E-state index in [2.05, 4.69) is 10.4 Å². The Morgan fingerprint density at radius 2 is 2.06 bits per heavy atom. The number of carbonyl (C=O) groups excluding carboxylic acids is 2. The minimum absolute atomic E-state index is 0.216. The number of nitrogens with zero attached hydrogens (tertiary/aromatic N) is 2. The predicted octanol–water partition coefficient (Wildman–Crippen LogP) is 5.23. The summed E-state index contributed by atoms with van der Waals surface area (Å²) in [7, 11) is 0. The van der Waals surface area contributed by atoms with Gasteiger partial charge in [0.25, 0.3) is 6.43 Å². The number of nitrogens with one attached hydrogen (secondary N) is 1. The molecule has 1 unspecified atom stereocenters. The van der Waals surface area contributed by atoms with Crippen molar-refractivity contribution in [1.82, 2.24) is 9.78 Å². The maximum atomic E-state index is 13.4. The van der Waals surface area contributed by atoms with Crippen LogP contribution in [0.3, 0.4) is 0 Å². The van der Waals surface area contributed by atoms with E-state index >= 15 is 0 Å². The Bertz CT molecular complexity index is 981. The van der Waals surface area contributed by atoms with Crippen molar-refractivity contribution >= 4 is 28.2 Å². The number of hydrogen-bond acceptors (Lipinski definition) is 5. The molecule has 168 valence electrons. The molecule has 0 aromatic carbocycles. The second-order valence-electron chi connectivity index (χ2n) is 8.31. The fraction of sp³-hybridized carbons (Fsp3) is 0.591. The zero-order valence-electron chi connectivity index (χ0n) is 17.7. The number of aromatic nitrogens is 2. The quantitative estimate of drug-likeness (QED) is 0.558. The van der Waals surface area contributed by atoms with Crippen LogP contribution in [0, 0.1) is 0 Å². The Hall–Kier alpha value is -2.29. The van der Waals surface area contributed by atoms with Crippen LogP contribution in [-0.4, -0.2) is 27.8 Å². The maximum absolute atomic E-state index is 13.4. The second kappa shape index (κ2) is 9.06. The maximum Gasteiger partial charge on any atom is 0.341 e. The molecule has 6 nitrogen and oxygen atoms in total. The molecule has 0 bridgehead atoms. The van der Waals surface area contributed by atoms with Crippen molar-refractivity contribution in [2.75, 3.05) is 5.32 Å². The molecular formula is C22H27F2N3O3S. The van der Waals surface area contributed by atoms with Crippen molar-refractivity contribution < 1.29 is 23.1 Å². The molecule has 1 atom stereocenters. The summed E-state index contributed by atoms with van der Waals surface area (Å²) in [4.78, 5) is 26.7. The molecule has 1 saturated carbocycles. The molecule has 0 aliphatic heterocycles. The third kappa shape index (κ3) is 4.81. The number of anilines is 1. The number of rotatable bonds is 8. The van der Waals surface area contributed by atoms with Crippen molar-refractivity contribution in [3.8, 4) is 0 Å². The zero-order valence-corrected chi connectivity index (χ0v) is 18.6. The molecule has 4 rings (SSSR count). The van der Waals surface area contributed by atoms with Gasteiger partial charge in [-0.05, 0) is 63.5 Å². The van der Waals surface area contributed by atoms with Crippen LogP contribution in [0.15, 0.2) is 6.07 Å².